The molecule has 0 amide bonds. The highest BCUT2D eigenvalue weighted by Crippen LogP contribution is 2.14. The molecule has 0 unspecified atom stereocenters. The molecule has 1 fully saturated rings. The number of rotatable bonds is 5. The third kappa shape index (κ3) is 4.15. The van der Waals surface area contributed by atoms with E-state index in [0.29, 0.717) is 12.1 Å². The SMILES string of the molecule is CC(C)NCc1ccc(N2CCN(C(C)C)CC2)nn1. The largest absolute Gasteiger partial charge is 0.353 e. The van der Waals surface area contributed by atoms with Crippen LogP contribution in [0.1, 0.15) is 33.4 Å². The second-order valence-corrected chi connectivity index (χ2v) is 6.04. The fourth-order valence-corrected chi connectivity index (χ4v) is 2.39. The van der Waals surface area contributed by atoms with E-state index >= 15 is 0 Å². The Bertz CT molecular complexity index is 393. The van der Waals surface area contributed by atoms with Crippen molar-refractivity contribution in [1.82, 2.24) is 20.4 Å². The van der Waals surface area contributed by atoms with Gasteiger partial charge in [-0.15, -0.1) is 5.10 Å². The van der Waals surface area contributed by atoms with Crippen LogP contribution in [0.25, 0.3) is 0 Å². The van der Waals surface area contributed by atoms with Gasteiger partial charge in [0.1, 0.15) is 0 Å². The first kappa shape index (κ1) is 15.2. The molecule has 5 nitrogen and oxygen atoms in total. The normalized spacial score (nSPS) is 17.2. The van der Waals surface area contributed by atoms with E-state index in [1.807, 2.05) is 0 Å². The molecule has 1 aromatic rings. The van der Waals surface area contributed by atoms with Crippen molar-refractivity contribution >= 4 is 5.82 Å². The Morgan fingerprint density at radius 3 is 2.25 bits per heavy atom. The average molecular weight is 277 g/mol. The maximum atomic E-state index is 4.37. The van der Waals surface area contributed by atoms with Gasteiger partial charge in [0, 0.05) is 44.8 Å². The predicted molar refractivity (Wildman–Crippen MR) is 82.9 cm³/mol. The number of hydrogen-bond acceptors (Lipinski definition) is 5. The van der Waals surface area contributed by atoms with E-state index in [1.54, 1.807) is 0 Å². The fraction of sp³-hybridized carbons (Fsp3) is 0.733. The van der Waals surface area contributed by atoms with E-state index in [9.17, 15) is 0 Å². The Morgan fingerprint density at radius 1 is 1.05 bits per heavy atom. The maximum Gasteiger partial charge on any atom is 0.151 e. The van der Waals surface area contributed by atoms with Crippen molar-refractivity contribution in [2.75, 3.05) is 31.1 Å². The first-order valence-electron chi connectivity index (χ1n) is 7.61. The maximum absolute atomic E-state index is 4.37. The zero-order valence-electron chi connectivity index (χ0n) is 13.1. The van der Waals surface area contributed by atoms with Crippen molar-refractivity contribution < 1.29 is 0 Å². The van der Waals surface area contributed by atoms with Gasteiger partial charge in [-0.25, -0.2) is 0 Å². The van der Waals surface area contributed by atoms with Crippen molar-refractivity contribution in [3.05, 3.63) is 17.8 Å². The van der Waals surface area contributed by atoms with E-state index in [1.165, 1.54) is 0 Å². The lowest BCUT2D eigenvalue weighted by Crippen LogP contribution is -2.49. The smallest absolute Gasteiger partial charge is 0.151 e. The summed E-state index contributed by atoms with van der Waals surface area (Å²) in [6.45, 7) is 13.9. The lowest BCUT2D eigenvalue weighted by molar-refractivity contribution is 0.209. The van der Waals surface area contributed by atoms with Crippen LogP contribution in [0.2, 0.25) is 0 Å². The van der Waals surface area contributed by atoms with Gasteiger partial charge in [0.05, 0.1) is 5.69 Å². The van der Waals surface area contributed by atoms with Gasteiger partial charge in [-0.2, -0.15) is 5.10 Å². The molecule has 2 heterocycles. The van der Waals surface area contributed by atoms with E-state index < -0.39 is 0 Å². The average Bonchev–Trinajstić information content (AvgIpc) is 2.46. The van der Waals surface area contributed by atoms with Crippen LogP contribution in [0.15, 0.2) is 12.1 Å². The molecule has 0 atom stereocenters. The van der Waals surface area contributed by atoms with Crippen LogP contribution in [0, 0.1) is 0 Å². The Balaban J connectivity index is 1.87. The molecule has 0 radical (unpaired) electrons. The summed E-state index contributed by atoms with van der Waals surface area (Å²) in [6, 6.07) is 5.27. The van der Waals surface area contributed by atoms with Gasteiger partial charge in [0.25, 0.3) is 0 Å². The molecule has 2 rings (SSSR count). The van der Waals surface area contributed by atoms with Gasteiger partial charge in [0.2, 0.25) is 0 Å². The van der Waals surface area contributed by atoms with Crippen LogP contribution >= 0.6 is 0 Å². The molecule has 0 spiro atoms. The first-order valence-corrected chi connectivity index (χ1v) is 7.61. The van der Waals surface area contributed by atoms with Crippen LogP contribution in [0.5, 0.6) is 0 Å². The van der Waals surface area contributed by atoms with Crippen molar-refractivity contribution in [3.63, 3.8) is 0 Å². The van der Waals surface area contributed by atoms with Crippen LogP contribution < -0.4 is 10.2 Å². The second-order valence-electron chi connectivity index (χ2n) is 6.04. The molecular formula is C15H27N5. The zero-order chi connectivity index (χ0) is 14.5. The van der Waals surface area contributed by atoms with Crippen LogP contribution in [0.3, 0.4) is 0 Å². The summed E-state index contributed by atoms with van der Waals surface area (Å²) in [5.41, 5.74) is 1.00. The molecule has 1 aliphatic rings. The van der Waals surface area contributed by atoms with Crippen LogP contribution in [-0.2, 0) is 6.54 Å². The summed E-state index contributed by atoms with van der Waals surface area (Å²) in [6.07, 6.45) is 0. The minimum absolute atomic E-state index is 0.473. The third-order valence-electron chi connectivity index (χ3n) is 3.77. The molecule has 0 bridgehead atoms. The highest BCUT2D eigenvalue weighted by atomic mass is 15.3. The van der Waals surface area contributed by atoms with E-state index in [-0.39, 0.29) is 0 Å². The third-order valence-corrected chi connectivity index (χ3v) is 3.77. The summed E-state index contributed by atoms with van der Waals surface area (Å²) in [5.74, 6) is 1.00. The molecule has 5 heteroatoms. The summed E-state index contributed by atoms with van der Waals surface area (Å²) in [5, 5.41) is 12.0. The molecule has 1 saturated heterocycles. The summed E-state index contributed by atoms with van der Waals surface area (Å²) in [7, 11) is 0. The monoisotopic (exact) mass is 277 g/mol. The Hall–Kier alpha value is -1.20. The molecular weight excluding hydrogens is 250 g/mol. The highest BCUT2D eigenvalue weighted by molar-refractivity contribution is 5.37. The molecule has 1 N–H and O–H groups in total. The predicted octanol–water partition coefficient (Wildman–Crippen LogP) is 1.50. The van der Waals surface area contributed by atoms with Crippen molar-refractivity contribution in [2.24, 2.45) is 0 Å². The number of nitrogens with zero attached hydrogens (tertiary/aromatic N) is 4. The van der Waals surface area contributed by atoms with E-state index in [0.717, 1.165) is 44.2 Å². The van der Waals surface area contributed by atoms with Gasteiger partial charge >= 0.3 is 0 Å². The fourth-order valence-electron chi connectivity index (χ4n) is 2.39. The molecule has 20 heavy (non-hydrogen) atoms. The molecule has 0 aliphatic carbocycles. The minimum atomic E-state index is 0.473. The van der Waals surface area contributed by atoms with E-state index in [2.05, 4.69) is 65.1 Å². The lowest BCUT2D eigenvalue weighted by Gasteiger charge is -2.37. The molecule has 112 valence electrons. The Morgan fingerprint density at radius 2 is 1.75 bits per heavy atom. The van der Waals surface area contributed by atoms with Gasteiger partial charge in [0.15, 0.2) is 5.82 Å². The van der Waals surface area contributed by atoms with Gasteiger partial charge in [-0.3, -0.25) is 4.90 Å². The number of aromatic nitrogens is 2. The molecule has 1 aromatic heterocycles. The standard InChI is InChI=1S/C15H27N5/c1-12(2)16-11-14-5-6-15(18-17-14)20-9-7-19(8-10-20)13(3)4/h5-6,12-13,16H,7-11H2,1-4H3. The molecule has 1 aliphatic heterocycles. The number of nitrogens with one attached hydrogen (secondary N) is 1. The highest BCUT2D eigenvalue weighted by Gasteiger charge is 2.19. The van der Waals surface area contributed by atoms with Crippen molar-refractivity contribution in [2.45, 2.75) is 46.3 Å². The second kappa shape index (κ2) is 6.99. The quantitative estimate of drug-likeness (QED) is 0.884. The number of hydrogen-bond donors (Lipinski definition) is 1. The topological polar surface area (TPSA) is 44.3 Å². The summed E-state index contributed by atoms with van der Waals surface area (Å²) < 4.78 is 0. The lowest BCUT2D eigenvalue weighted by atomic mass is 10.2. The van der Waals surface area contributed by atoms with Gasteiger partial charge < -0.3 is 10.2 Å². The number of anilines is 1. The van der Waals surface area contributed by atoms with Crippen molar-refractivity contribution in [3.8, 4) is 0 Å². The summed E-state index contributed by atoms with van der Waals surface area (Å²) in [4.78, 5) is 4.83. The van der Waals surface area contributed by atoms with Crippen LogP contribution in [0.4, 0.5) is 5.82 Å². The first-order chi connectivity index (χ1) is 9.56. The Labute approximate surface area is 122 Å². The molecule has 0 saturated carbocycles. The van der Waals surface area contributed by atoms with E-state index in [4.69, 9.17) is 0 Å². The molecule has 0 aromatic carbocycles. The summed E-state index contributed by atoms with van der Waals surface area (Å²) >= 11 is 0. The van der Waals surface area contributed by atoms with Crippen LogP contribution in [-0.4, -0.2) is 53.4 Å². The van der Waals surface area contributed by atoms with Crippen molar-refractivity contribution in [1.29, 1.82) is 0 Å². The minimum Gasteiger partial charge on any atom is -0.353 e. The number of piperazine rings is 1. The van der Waals surface area contributed by atoms with Gasteiger partial charge in [-0.1, -0.05) is 13.8 Å². The van der Waals surface area contributed by atoms with Gasteiger partial charge in [-0.05, 0) is 26.0 Å². The zero-order valence-corrected chi connectivity index (χ0v) is 13.1. The Kier molecular flexibility index (Phi) is 5.31.